The highest BCUT2D eigenvalue weighted by Crippen LogP contribution is 2.23. The summed E-state index contributed by atoms with van der Waals surface area (Å²) in [5.74, 6) is 0. The van der Waals surface area contributed by atoms with Gasteiger partial charge in [-0.05, 0) is 19.4 Å². The Morgan fingerprint density at radius 2 is 2.00 bits per heavy atom. The van der Waals surface area contributed by atoms with Crippen molar-refractivity contribution >= 4 is 11.3 Å². The summed E-state index contributed by atoms with van der Waals surface area (Å²) in [4.78, 5) is 16.9. The fourth-order valence-electron chi connectivity index (χ4n) is 2.26. The van der Waals surface area contributed by atoms with Gasteiger partial charge in [0.1, 0.15) is 16.6 Å². The molecular formula is C17H14N4OS. The summed E-state index contributed by atoms with van der Waals surface area (Å²) in [6.45, 7) is 3.80. The number of thiazole rings is 1. The second-order valence-corrected chi connectivity index (χ2v) is 6.03. The first-order valence-corrected chi connectivity index (χ1v) is 7.96. The minimum Gasteiger partial charge on any atom is -0.266 e. The van der Waals surface area contributed by atoms with Crippen molar-refractivity contribution in [3.05, 3.63) is 68.6 Å². The number of aromatic nitrogens is 3. The highest BCUT2D eigenvalue weighted by atomic mass is 32.1. The first kappa shape index (κ1) is 15.1. The molecular weight excluding hydrogens is 308 g/mol. The van der Waals surface area contributed by atoms with Gasteiger partial charge in [-0.1, -0.05) is 30.3 Å². The van der Waals surface area contributed by atoms with Crippen molar-refractivity contribution in [2.75, 3.05) is 0 Å². The summed E-state index contributed by atoms with van der Waals surface area (Å²) in [5.41, 5.74) is 2.90. The number of nitrogens with zero attached hydrogens (tertiary/aromatic N) is 4. The van der Waals surface area contributed by atoms with Gasteiger partial charge in [-0.15, -0.1) is 11.3 Å². The average Bonchev–Trinajstić information content (AvgIpc) is 3.03. The maximum Gasteiger partial charge on any atom is 0.285 e. The van der Waals surface area contributed by atoms with E-state index in [-0.39, 0.29) is 17.7 Å². The van der Waals surface area contributed by atoms with E-state index in [0.29, 0.717) is 11.3 Å². The van der Waals surface area contributed by atoms with Crippen molar-refractivity contribution in [3.8, 4) is 16.6 Å². The van der Waals surface area contributed by atoms with Crippen LogP contribution in [0.5, 0.6) is 0 Å². The zero-order valence-electron chi connectivity index (χ0n) is 12.8. The van der Waals surface area contributed by atoms with Gasteiger partial charge >= 0.3 is 0 Å². The topological polar surface area (TPSA) is 71.6 Å². The maximum absolute atomic E-state index is 12.3. The Morgan fingerprint density at radius 1 is 1.26 bits per heavy atom. The Kier molecular flexibility index (Phi) is 4.04. The largest absolute Gasteiger partial charge is 0.285 e. The third-order valence-corrected chi connectivity index (χ3v) is 4.57. The predicted octanol–water partition coefficient (Wildman–Crippen LogP) is 2.90. The molecule has 23 heavy (non-hydrogen) atoms. The summed E-state index contributed by atoms with van der Waals surface area (Å²) >= 11 is 1.53. The highest BCUT2D eigenvalue weighted by Gasteiger charge is 2.13. The van der Waals surface area contributed by atoms with Crippen LogP contribution in [-0.4, -0.2) is 14.8 Å². The van der Waals surface area contributed by atoms with Gasteiger partial charge in [-0.2, -0.15) is 10.4 Å². The Labute approximate surface area is 137 Å². The zero-order chi connectivity index (χ0) is 16.4. The van der Waals surface area contributed by atoms with Crippen molar-refractivity contribution in [1.29, 1.82) is 5.26 Å². The van der Waals surface area contributed by atoms with Crippen molar-refractivity contribution in [2.24, 2.45) is 0 Å². The molecule has 0 aliphatic rings. The number of rotatable bonds is 3. The Morgan fingerprint density at radius 3 is 2.70 bits per heavy atom. The second-order valence-electron chi connectivity index (χ2n) is 5.17. The van der Waals surface area contributed by atoms with Crippen molar-refractivity contribution in [3.63, 3.8) is 0 Å². The predicted molar refractivity (Wildman–Crippen MR) is 89.3 cm³/mol. The molecule has 0 aliphatic heterocycles. The molecule has 1 aromatic carbocycles. The van der Waals surface area contributed by atoms with E-state index >= 15 is 0 Å². The van der Waals surface area contributed by atoms with Gasteiger partial charge in [0.15, 0.2) is 0 Å². The van der Waals surface area contributed by atoms with E-state index in [2.05, 4.69) is 10.1 Å². The van der Waals surface area contributed by atoms with Gasteiger partial charge in [0.05, 0.1) is 17.9 Å². The van der Waals surface area contributed by atoms with Crippen LogP contribution in [0.1, 0.15) is 22.5 Å². The summed E-state index contributed by atoms with van der Waals surface area (Å²) < 4.78 is 1.31. The Bertz CT molecular complexity index is 951. The van der Waals surface area contributed by atoms with Crippen LogP contribution in [-0.2, 0) is 6.54 Å². The van der Waals surface area contributed by atoms with E-state index in [0.717, 1.165) is 16.3 Å². The summed E-state index contributed by atoms with van der Waals surface area (Å²) in [5, 5.41) is 16.3. The van der Waals surface area contributed by atoms with E-state index in [9.17, 15) is 4.79 Å². The lowest BCUT2D eigenvalue weighted by molar-refractivity contribution is 0.615. The lowest BCUT2D eigenvalue weighted by Crippen LogP contribution is -2.28. The van der Waals surface area contributed by atoms with Gasteiger partial charge in [0.2, 0.25) is 0 Å². The van der Waals surface area contributed by atoms with Crippen LogP contribution in [0.15, 0.2) is 40.5 Å². The van der Waals surface area contributed by atoms with Crippen LogP contribution in [0.3, 0.4) is 0 Å². The van der Waals surface area contributed by atoms with Gasteiger partial charge in [0.25, 0.3) is 5.56 Å². The number of hydrogen-bond acceptors (Lipinski definition) is 5. The van der Waals surface area contributed by atoms with E-state index in [4.69, 9.17) is 5.26 Å². The van der Waals surface area contributed by atoms with E-state index in [1.165, 1.54) is 16.0 Å². The van der Waals surface area contributed by atoms with E-state index in [1.807, 2.05) is 41.8 Å². The normalized spacial score (nSPS) is 10.5. The quantitative estimate of drug-likeness (QED) is 0.743. The molecule has 0 spiro atoms. The molecule has 0 fully saturated rings. The number of aryl methyl sites for hydroxylation is 1. The lowest BCUT2D eigenvalue weighted by atomic mass is 10.1. The lowest BCUT2D eigenvalue weighted by Gasteiger charge is -2.07. The smallest absolute Gasteiger partial charge is 0.266 e. The van der Waals surface area contributed by atoms with Gasteiger partial charge in [-0.25, -0.2) is 9.67 Å². The second kappa shape index (κ2) is 6.15. The van der Waals surface area contributed by atoms with E-state index < -0.39 is 0 Å². The van der Waals surface area contributed by atoms with Crippen molar-refractivity contribution in [1.82, 2.24) is 14.8 Å². The molecule has 3 aromatic rings. The van der Waals surface area contributed by atoms with Crippen LogP contribution in [0.25, 0.3) is 10.6 Å². The molecule has 6 heteroatoms. The minimum absolute atomic E-state index is 0.149. The molecule has 2 heterocycles. The Balaban J connectivity index is 1.95. The SMILES string of the molecule is Cc1nn(Cc2csc(-c3ccccc3)n2)c(=O)c(C#N)c1C. The standard InChI is InChI=1S/C17H14N4OS/c1-11-12(2)20-21(17(22)15(11)8-18)9-14-10-23-16(19-14)13-6-4-3-5-7-13/h3-7,10H,9H2,1-2H3. The molecule has 0 aliphatic carbocycles. The molecule has 0 atom stereocenters. The fraction of sp³-hybridized carbons (Fsp3) is 0.176. The van der Waals surface area contributed by atoms with Crippen LogP contribution in [0.4, 0.5) is 0 Å². The molecule has 5 nitrogen and oxygen atoms in total. The van der Waals surface area contributed by atoms with E-state index in [1.54, 1.807) is 13.8 Å². The number of benzene rings is 1. The third-order valence-electron chi connectivity index (χ3n) is 3.63. The highest BCUT2D eigenvalue weighted by molar-refractivity contribution is 7.13. The van der Waals surface area contributed by atoms with Crippen LogP contribution in [0.2, 0.25) is 0 Å². The van der Waals surface area contributed by atoms with Gasteiger partial charge in [0, 0.05) is 10.9 Å². The molecule has 3 rings (SSSR count). The van der Waals surface area contributed by atoms with Crippen molar-refractivity contribution < 1.29 is 0 Å². The first-order chi connectivity index (χ1) is 11.1. The molecule has 114 valence electrons. The maximum atomic E-state index is 12.3. The zero-order valence-corrected chi connectivity index (χ0v) is 13.6. The van der Waals surface area contributed by atoms with Crippen molar-refractivity contribution in [2.45, 2.75) is 20.4 Å². The third kappa shape index (κ3) is 2.91. The average molecular weight is 322 g/mol. The number of nitriles is 1. The van der Waals surface area contributed by atoms with Crippen LogP contribution < -0.4 is 5.56 Å². The monoisotopic (exact) mass is 322 g/mol. The molecule has 2 aromatic heterocycles. The minimum atomic E-state index is -0.370. The molecule has 0 amide bonds. The Hall–Kier alpha value is -2.78. The summed E-state index contributed by atoms with van der Waals surface area (Å²) in [6, 6.07) is 11.8. The van der Waals surface area contributed by atoms with Crippen LogP contribution >= 0.6 is 11.3 Å². The molecule has 0 saturated heterocycles. The van der Waals surface area contributed by atoms with Crippen LogP contribution in [0, 0.1) is 25.2 Å². The molecule has 0 saturated carbocycles. The van der Waals surface area contributed by atoms with Gasteiger partial charge in [-0.3, -0.25) is 4.79 Å². The number of hydrogen-bond donors (Lipinski definition) is 0. The fourth-order valence-corrected chi connectivity index (χ4v) is 3.07. The molecule has 0 bridgehead atoms. The summed E-state index contributed by atoms with van der Waals surface area (Å²) in [7, 11) is 0. The van der Waals surface area contributed by atoms with Gasteiger partial charge < -0.3 is 0 Å². The molecule has 0 radical (unpaired) electrons. The summed E-state index contributed by atoms with van der Waals surface area (Å²) in [6.07, 6.45) is 0. The molecule has 0 unspecified atom stereocenters. The molecule has 0 N–H and O–H groups in total. The first-order valence-electron chi connectivity index (χ1n) is 7.08.